The minimum absolute atomic E-state index is 0.00252. The molecule has 0 bridgehead atoms. The van der Waals surface area contributed by atoms with E-state index in [-0.39, 0.29) is 24.5 Å². The molecule has 1 aromatic rings. The summed E-state index contributed by atoms with van der Waals surface area (Å²) in [6.45, 7) is 11.6. The lowest BCUT2D eigenvalue weighted by Crippen LogP contribution is -2.48. The lowest BCUT2D eigenvalue weighted by Gasteiger charge is -2.32. The molecule has 162 valence electrons. The lowest BCUT2D eigenvalue weighted by atomic mass is 10.2. The Bertz CT molecular complexity index is 662. The fourth-order valence-electron chi connectivity index (χ4n) is 2.90. The van der Waals surface area contributed by atoms with Crippen LogP contribution in [0.3, 0.4) is 0 Å². The van der Waals surface area contributed by atoms with Crippen LogP contribution in [0.1, 0.15) is 64.7 Å². The molecule has 0 aliphatic rings. The van der Waals surface area contributed by atoms with Crippen molar-refractivity contribution in [3.63, 3.8) is 0 Å². The van der Waals surface area contributed by atoms with Gasteiger partial charge in [-0.2, -0.15) is 0 Å². The molecule has 0 saturated carbocycles. The number of nitrogens with zero attached hydrogens (tertiary/aromatic N) is 1. The number of carbonyl (C=O) groups excluding carboxylic acids is 3. The van der Waals surface area contributed by atoms with Crippen molar-refractivity contribution in [2.45, 2.75) is 72.6 Å². The van der Waals surface area contributed by atoms with Crippen molar-refractivity contribution in [1.29, 1.82) is 0 Å². The molecule has 2 amide bonds. The molecule has 7 heteroatoms. The van der Waals surface area contributed by atoms with Crippen LogP contribution in [0.25, 0.3) is 0 Å². The van der Waals surface area contributed by atoms with Crippen molar-refractivity contribution in [2.75, 3.05) is 13.2 Å². The normalized spacial score (nSPS) is 11.9. The summed E-state index contributed by atoms with van der Waals surface area (Å²) in [5.41, 5.74) is 0.413. The van der Waals surface area contributed by atoms with E-state index < -0.39 is 18.0 Å². The van der Waals surface area contributed by atoms with Gasteiger partial charge in [0.1, 0.15) is 12.3 Å². The smallest absolute Gasteiger partial charge is 0.326 e. The molecule has 7 nitrogen and oxygen atoms in total. The number of ether oxygens (including phenoxy) is 2. The van der Waals surface area contributed by atoms with Gasteiger partial charge in [-0.1, -0.05) is 13.3 Å². The van der Waals surface area contributed by atoms with E-state index in [9.17, 15) is 14.4 Å². The summed E-state index contributed by atoms with van der Waals surface area (Å²) in [6, 6.07) is 6.70. The first-order valence-corrected chi connectivity index (χ1v) is 10.2. The van der Waals surface area contributed by atoms with E-state index >= 15 is 0 Å². The van der Waals surface area contributed by atoms with Crippen LogP contribution in [0, 0.1) is 0 Å². The number of unbranched alkanes of at least 4 members (excludes halogenated alkanes) is 1. The Kier molecular flexibility index (Phi) is 10.2. The monoisotopic (exact) mass is 406 g/mol. The third-order valence-electron chi connectivity index (χ3n) is 4.30. The van der Waals surface area contributed by atoms with Crippen molar-refractivity contribution in [3.05, 3.63) is 29.8 Å². The Morgan fingerprint density at radius 2 is 1.59 bits per heavy atom. The second-order valence-corrected chi connectivity index (χ2v) is 7.47. The van der Waals surface area contributed by atoms with E-state index in [4.69, 9.17) is 9.47 Å². The molecular formula is C22H34N2O5. The largest absolute Gasteiger partial charge is 0.494 e. The Balaban J connectivity index is 2.50. The molecule has 29 heavy (non-hydrogen) atoms. The van der Waals surface area contributed by atoms with Gasteiger partial charge in [-0.15, -0.1) is 0 Å². The summed E-state index contributed by atoms with van der Waals surface area (Å²) in [4.78, 5) is 38.4. The molecule has 0 aliphatic carbocycles. The summed E-state index contributed by atoms with van der Waals surface area (Å²) in [5, 5.41) is 2.51. The topological polar surface area (TPSA) is 84.9 Å². The molecule has 0 aliphatic heterocycles. The number of benzene rings is 1. The zero-order valence-corrected chi connectivity index (χ0v) is 18.4. The predicted octanol–water partition coefficient (Wildman–Crippen LogP) is 3.17. The fraction of sp³-hybridized carbons (Fsp3) is 0.591. The number of esters is 1. The number of hydrogen-bond donors (Lipinski definition) is 1. The number of nitrogens with one attached hydrogen (secondary N) is 1. The minimum Gasteiger partial charge on any atom is -0.494 e. The summed E-state index contributed by atoms with van der Waals surface area (Å²) in [7, 11) is 0. The zero-order chi connectivity index (χ0) is 22.0. The van der Waals surface area contributed by atoms with Crippen LogP contribution < -0.4 is 10.1 Å². The first-order chi connectivity index (χ1) is 13.7. The van der Waals surface area contributed by atoms with Gasteiger partial charge in [-0.25, -0.2) is 0 Å². The molecule has 0 radical (unpaired) electrons. The maximum atomic E-state index is 12.5. The van der Waals surface area contributed by atoms with Crippen LogP contribution in [-0.2, 0) is 14.3 Å². The van der Waals surface area contributed by atoms with Crippen LogP contribution >= 0.6 is 0 Å². The van der Waals surface area contributed by atoms with E-state index in [1.165, 1.54) is 6.92 Å². The number of hydrogen-bond acceptors (Lipinski definition) is 5. The third kappa shape index (κ3) is 8.13. The van der Waals surface area contributed by atoms with Crippen molar-refractivity contribution < 1.29 is 23.9 Å². The minimum atomic E-state index is -0.913. The molecular weight excluding hydrogens is 372 g/mol. The third-order valence-corrected chi connectivity index (χ3v) is 4.30. The van der Waals surface area contributed by atoms with Gasteiger partial charge in [-0.3, -0.25) is 14.4 Å². The highest BCUT2D eigenvalue weighted by Gasteiger charge is 2.27. The van der Waals surface area contributed by atoms with Gasteiger partial charge in [0.05, 0.1) is 6.61 Å². The lowest BCUT2D eigenvalue weighted by molar-refractivity contribution is -0.160. The van der Waals surface area contributed by atoms with E-state index in [1.54, 1.807) is 29.2 Å². The predicted molar refractivity (Wildman–Crippen MR) is 112 cm³/mol. The second-order valence-electron chi connectivity index (χ2n) is 7.47. The van der Waals surface area contributed by atoms with E-state index in [1.807, 2.05) is 27.7 Å². The molecule has 0 fully saturated rings. The molecule has 0 spiro atoms. The Hall–Kier alpha value is -2.57. The van der Waals surface area contributed by atoms with Crippen LogP contribution in [0.4, 0.5) is 0 Å². The van der Waals surface area contributed by atoms with E-state index in [0.29, 0.717) is 17.9 Å². The molecule has 0 saturated heterocycles. The summed E-state index contributed by atoms with van der Waals surface area (Å²) in [5.74, 6) is -0.617. The molecule has 1 atom stereocenters. The number of amides is 2. The molecule has 0 unspecified atom stereocenters. The highest BCUT2D eigenvalue weighted by atomic mass is 16.5. The number of carbonyl (C=O) groups is 3. The molecule has 1 N–H and O–H groups in total. The Labute approximate surface area is 173 Å². The SMILES string of the molecule is CCCCOc1ccc(C(=O)NCC(=O)O[C@H](C)C(=O)N(C(C)C)C(C)C)cc1. The quantitative estimate of drug-likeness (QED) is 0.451. The van der Waals surface area contributed by atoms with Gasteiger partial charge in [0.15, 0.2) is 6.10 Å². The fourth-order valence-corrected chi connectivity index (χ4v) is 2.90. The molecule has 1 aromatic carbocycles. The van der Waals surface area contributed by atoms with E-state index in [2.05, 4.69) is 12.2 Å². The standard InChI is InChI=1S/C22H34N2O5/c1-7-8-13-28-19-11-9-18(10-12-19)21(26)23-14-20(25)29-17(6)22(27)24(15(2)3)16(4)5/h9-12,15-17H,7-8,13-14H2,1-6H3,(H,23,26)/t17-/m1/s1. The highest BCUT2D eigenvalue weighted by molar-refractivity contribution is 5.96. The van der Waals surface area contributed by atoms with Crippen LogP contribution in [0.5, 0.6) is 5.75 Å². The average molecular weight is 407 g/mol. The van der Waals surface area contributed by atoms with Crippen molar-refractivity contribution in [1.82, 2.24) is 10.2 Å². The van der Waals surface area contributed by atoms with Gasteiger partial charge >= 0.3 is 5.97 Å². The first kappa shape index (κ1) is 24.5. The number of rotatable bonds is 11. The van der Waals surface area contributed by atoms with Crippen LogP contribution in [0.2, 0.25) is 0 Å². The van der Waals surface area contributed by atoms with E-state index in [0.717, 1.165) is 12.8 Å². The highest BCUT2D eigenvalue weighted by Crippen LogP contribution is 2.13. The summed E-state index contributed by atoms with van der Waals surface area (Å²) >= 11 is 0. The second kappa shape index (κ2) is 12.1. The van der Waals surface area contributed by atoms with Crippen LogP contribution in [0.15, 0.2) is 24.3 Å². The molecule has 1 rings (SSSR count). The van der Waals surface area contributed by atoms with Crippen molar-refractivity contribution in [2.24, 2.45) is 0 Å². The zero-order valence-electron chi connectivity index (χ0n) is 18.4. The van der Waals surface area contributed by atoms with Gasteiger partial charge in [-0.05, 0) is 65.3 Å². The van der Waals surface area contributed by atoms with Crippen LogP contribution in [-0.4, -0.2) is 54.0 Å². The Morgan fingerprint density at radius 3 is 2.10 bits per heavy atom. The maximum absolute atomic E-state index is 12.5. The maximum Gasteiger partial charge on any atom is 0.326 e. The van der Waals surface area contributed by atoms with Gasteiger partial charge in [0, 0.05) is 17.6 Å². The Morgan fingerprint density at radius 1 is 1.00 bits per heavy atom. The molecule has 0 heterocycles. The van der Waals surface area contributed by atoms with Crippen molar-refractivity contribution in [3.8, 4) is 5.75 Å². The van der Waals surface area contributed by atoms with Gasteiger partial charge in [0.25, 0.3) is 11.8 Å². The van der Waals surface area contributed by atoms with Gasteiger partial charge < -0.3 is 19.7 Å². The first-order valence-electron chi connectivity index (χ1n) is 10.2. The van der Waals surface area contributed by atoms with Gasteiger partial charge in [0.2, 0.25) is 0 Å². The summed E-state index contributed by atoms with van der Waals surface area (Å²) in [6.07, 6.45) is 1.11. The molecule has 0 aromatic heterocycles. The van der Waals surface area contributed by atoms with Crippen molar-refractivity contribution >= 4 is 17.8 Å². The summed E-state index contributed by atoms with van der Waals surface area (Å²) < 4.78 is 10.7. The average Bonchev–Trinajstić information content (AvgIpc) is 2.66.